The largest absolute Gasteiger partial charge is 0.303 e. The average Bonchev–Trinajstić information content (AvgIpc) is 2.63. The second-order valence-corrected chi connectivity index (χ2v) is 5.25. The number of alkyl halides is 2. The summed E-state index contributed by atoms with van der Waals surface area (Å²) >= 11 is 12.2. The van der Waals surface area contributed by atoms with E-state index >= 15 is 0 Å². The van der Waals surface area contributed by atoms with Gasteiger partial charge in [0, 0.05) is 5.92 Å². The zero-order valence-corrected chi connectivity index (χ0v) is 9.22. The first kappa shape index (κ1) is 10.0. The highest BCUT2D eigenvalue weighted by atomic mass is 35.5. The molecule has 0 amide bonds. The third-order valence-corrected chi connectivity index (χ3v) is 4.23. The quantitative estimate of drug-likeness (QED) is 0.562. The van der Waals surface area contributed by atoms with Crippen molar-refractivity contribution in [1.82, 2.24) is 0 Å². The molecule has 0 bridgehead atoms. The Morgan fingerprint density at radius 2 is 1.86 bits per heavy atom. The van der Waals surface area contributed by atoms with Crippen LogP contribution in [0.4, 0.5) is 0 Å². The standard InChI is InChI=1S/C11H10Cl2O/c1-10(7-14)9(11(10,12)13)8-5-3-2-4-6-8/h2-7,9H,1H3/t9-,10+/m1/s1. The highest BCUT2D eigenvalue weighted by Crippen LogP contribution is 2.72. The molecule has 1 aromatic rings. The summed E-state index contributed by atoms with van der Waals surface area (Å²) in [6.07, 6.45) is 0.852. The molecule has 2 atom stereocenters. The minimum absolute atomic E-state index is 0.0861. The number of benzene rings is 1. The molecule has 14 heavy (non-hydrogen) atoms. The molecule has 1 saturated carbocycles. The van der Waals surface area contributed by atoms with Gasteiger partial charge >= 0.3 is 0 Å². The third kappa shape index (κ3) is 1.12. The number of halogens is 2. The Kier molecular flexibility index (Phi) is 2.13. The van der Waals surface area contributed by atoms with E-state index in [4.69, 9.17) is 23.2 Å². The summed E-state index contributed by atoms with van der Waals surface area (Å²) in [5.74, 6) is -0.0861. The molecule has 0 radical (unpaired) electrons. The molecule has 0 saturated heterocycles. The van der Waals surface area contributed by atoms with Crippen LogP contribution >= 0.6 is 23.2 Å². The maximum Gasteiger partial charge on any atom is 0.138 e. The van der Waals surface area contributed by atoms with E-state index in [1.165, 1.54) is 0 Å². The van der Waals surface area contributed by atoms with Gasteiger partial charge in [0.15, 0.2) is 0 Å². The lowest BCUT2D eigenvalue weighted by Gasteiger charge is -1.99. The smallest absolute Gasteiger partial charge is 0.138 e. The van der Waals surface area contributed by atoms with Gasteiger partial charge in [-0.05, 0) is 12.5 Å². The van der Waals surface area contributed by atoms with E-state index < -0.39 is 9.75 Å². The second-order valence-electron chi connectivity index (χ2n) is 3.87. The van der Waals surface area contributed by atoms with Gasteiger partial charge in [0.2, 0.25) is 0 Å². The summed E-state index contributed by atoms with van der Waals surface area (Å²) in [4.78, 5) is 10.9. The molecule has 1 aliphatic rings. The fourth-order valence-corrected chi connectivity index (χ4v) is 2.80. The van der Waals surface area contributed by atoms with Crippen molar-refractivity contribution in [2.24, 2.45) is 5.41 Å². The van der Waals surface area contributed by atoms with E-state index in [1.54, 1.807) is 6.92 Å². The first-order valence-electron chi connectivity index (χ1n) is 4.43. The van der Waals surface area contributed by atoms with E-state index in [1.807, 2.05) is 30.3 Å². The first-order chi connectivity index (χ1) is 6.54. The molecule has 74 valence electrons. The van der Waals surface area contributed by atoms with Gasteiger partial charge in [0.1, 0.15) is 10.6 Å². The molecule has 0 aliphatic heterocycles. The highest BCUT2D eigenvalue weighted by molar-refractivity contribution is 6.53. The molecule has 2 rings (SSSR count). The lowest BCUT2D eigenvalue weighted by atomic mass is 10.0. The summed E-state index contributed by atoms with van der Waals surface area (Å²) in [6, 6.07) is 9.65. The number of aldehydes is 1. The lowest BCUT2D eigenvalue weighted by molar-refractivity contribution is -0.111. The molecular formula is C11H10Cl2O. The van der Waals surface area contributed by atoms with Crippen LogP contribution in [0.2, 0.25) is 0 Å². The van der Waals surface area contributed by atoms with Crippen molar-refractivity contribution in [2.75, 3.05) is 0 Å². The van der Waals surface area contributed by atoms with Gasteiger partial charge in [-0.1, -0.05) is 53.5 Å². The zero-order chi connectivity index (χ0) is 10.4. The van der Waals surface area contributed by atoms with Gasteiger partial charge < -0.3 is 4.79 Å². The lowest BCUT2D eigenvalue weighted by Crippen LogP contribution is -2.04. The van der Waals surface area contributed by atoms with Crippen LogP contribution in [0.3, 0.4) is 0 Å². The number of carbonyl (C=O) groups excluding carboxylic acids is 1. The molecular weight excluding hydrogens is 219 g/mol. The van der Waals surface area contributed by atoms with Crippen LogP contribution in [0.5, 0.6) is 0 Å². The van der Waals surface area contributed by atoms with Crippen molar-refractivity contribution in [3.63, 3.8) is 0 Å². The van der Waals surface area contributed by atoms with E-state index in [2.05, 4.69) is 0 Å². The average molecular weight is 229 g/mol. The number of hydrogen-bond acceptors (Lipinski definition) is 1. The van der Waals surface area contributed by atoms with Crippen LogP contribution in [-0.4, -0.2) is 10.6 Å². The van der Waals surface area contributed by atoms with Crippen LogP contribution in [-0.2, 0) is 4.79 Å². The normalized spacial score (nSPS) is 33.8. The fraction of sp³-hybridized carbons (Fsp3) is 0.364. The molecule has 1 aliphatic carbocycles. The predicted octanol–water partition coefficient (Wildman–Crippen LogP) is 3.16. The summed E-state index contributed by atoms with van der Waals surface area (Å²) in [5, 5.41) is 0. The molecule has 3 heteroatoms. The van der Waals surface area contributed by atoms with Crippen LogP contribution in [0.15, 0.2) is 30.3 Å². The minimum atomic E-state index is -0.948. The Morgan fingerprint density at radius 1 is 1.29 bits per heavy atom. The van der Waals surface area contributed by atoms with Gasteiger partial charge in [0.25, 0.3) is 0 Å². The Bertz CT molecular complexity index is 361. The van der Waals surface area contributed by atoms with Crippen LogP contribution < -0.4 is 0 Å². The summed E-state index contributed by atoms with van der Waals surface area (Å²) in [7, 11) is 0. The van der Waals surface area contributed by atoms with E-state index in [0.29, 0.717) is 0 Å². The minimum Gasteiger partial charge on any atom is -0.303 e. The predicted molar refractivity (Wildman–Crippen MR) is 57.8 cm³/mol. The molecule has 0 spiro atoms. The monoisotopic (exact) mass is 228 g/mol. The second kappa shape index (κ2) is 2.98. The first-order valence-corrected chi connectivity index (χ1v) is 5.18. The van der Waals surface area contributed by atoms with E-state index in [9.17, 15) is 4.79 Å². The third-order valence-electron chi connectivity index (χ3n) is 2.97. The molecule has 1 aromatic carbocycles. The summed E-state index contributed by atoms with van der Waals surface area (Å²) in [5.41, 5.74) is 0.379. The van der Waals surface area contributed by atoms with Crippen molar-refractivity contribution in [1.29, 1.82) is 0 Å². The van der Waals surface area contributed by atoms with Crippen molar-refractivity contribution in [3.8, 4) is 0 Å². The Balaban J connectivity index is 2.37. The fourth-order valence-electron chi connectivity index (χ4n) is 1.90. The van der Waals surface area contributed by atoms with Gasteiger partial charge in [-0.2, -0.15) is 0 Å². The molecule has 0 unspecified atom stereocenters. The SMILES string of the molecule is C[C@]1(C=O)[C@@H](c2ccccc2)C1(Cl)Cl. The summed E-state index contributed by atoms with van der Waals surface area (Å²) in [6.45, 7) is 1.79. The van der Waals surface area contributed by atoms with Crippen molar-refractivity contribution < 1.29 is 4.79 Å². The zero-order valence-electron chi connectivity index (χ0n) is 7.71. The molecule has 1 nitrogen and oxygen atoms in total. The Labute approximate surface area is 93.0 Å². The maximum atomic E-state index is 10.9. The van der Waals surface area contributed by atoms with Crippen molar-refractivity contribution in [2.45, 2.75) is 17.2 Å². The van der Waals surface area contributed by atoms with Gasteiger partial charge in [-0.25, -0.2) is 0 Å². The molecule has 0 aromatic heterocycles. The Morgan fingerprint density at radius 3 is 2.29 bits per heavy atom. The number of carbonyl (C=O) groups is 1. The maximum absolute atomic E-state index is 10.9. The van der Waals surface area contributed by atoms with Crippen LogP contribution in [0.25, 0.3) is 0 Å². The van der Waals surface area contributed by atoms with E-state index in [-0.39, 0.29) is 5.92 Å². The molecule has 0 heterocycles. The molecule has 0 N–H and O–H groups in total. The highest BCUT2D eigenvalue weighted by Gasteiger charge is 2.73. The Hall–Kier alpha value is -0.530. The van der Waals surface area contributed by atoms with Crippen LogP contribution in [0, 0.1) is 5.41 Å². The van der Waals surface area contributed by atoms with E-state index in [0.717, 1.165) is 11.8 Å². The van der Waals surface area contributed by atoms with Crippen molar-refractivity contribution >= 4 is 29.5 Å². The van der Waals surface area contributed by atoms with Gasteiger partial charge in [-0.3, -0.25) is 0 Å². The number of hydrogen-bond donors (Lipinski definition) is 0. The molecule has 1 fully saturated rings. The topological polar surface area (TPSA) is 17.1 Å². The van der Waals surface area contributed by atoms with Crippen molar-refractivity contribution in [3.05, 3.63) is 35.9 Å². The summed E-state index contributed by atoms with van der Waals surface area (Å²) < 4.78 is -0.948. The van der Waals surface area contributed by atoms with Gasteiger partial charge in [0.05, 0.1) is 5.41 Å². The number of rotatable bonds is 2. The van der Waals surface area contributed by atoms with Crippen LogP contribution in [0.1, 0.15) is 18.4 Å². The van der Waals surface area contributed by atoms with Gasteiger partial charge in [-0.15, -0.1) is 0 Å².